The molecule has 0 radical (unpaired) electrons. The lowest BCUT2D eigenvalue weighted by Crippen LogP contribution is -2.16. The third-order valence-electron chi connectivity index (χ3n) is 1.47. The summed E-state index contributed by atoms with van der Waals surface area (Å²) >= 11 is 0. The first-order chi connectivity index (χ1) is 7.21. The Kier molecular flexibility index (Phi) is 3.81. The average Bonchev–Trinajstić information content (AvgIpc) is 2.15. The van der Waals surface area contributed by atoms with Crippen LogP contribution in [-0.4, -0.2) is 38.3 Å². The molecular formula is C6H6ClFN2O4S2. The highest BCUT2D eigenvalue weighted by atomic mass is 35.7. The first kappa shape index (κ1) is 13.3. The number of hydrogen-bond donors (Lipinski definition) is 0. The van der Waals surface area contributed by atoms with E-state index in [1.54, 1.807) is 0 Å². The normalized spacial score (nSPS) is 12.6. The van der Waals surface area contributed by atoms with E-state index >= 15 is 0 Å². The van der Waals surface area contributed by atoms with Crippen molar-refractivity contribution in [3.05, 3.63) is 18.2 Å². The smallest absolute Gasteiger partial charge is 0.224 e. The standard InChI is InChI=1S/C6H6ClFN2O4S2/c7-16(13,14)2-1-15(11,12)6-9-3-5(8)4-10-6/h3-4H,1-2H2. The molecule has 6 nitrogen and oxygen atoms in total. The van der Waals surface area contributed by atoms with E-state index in [4.69, 9.17) is 10.7 Å². The molecule has 1 rings (SSSR count). The summed E-state index contributed by atoms with van der Waals surface area (Å²) in [5, 5.41) is -0.630. The Morgan fingerprint density at radius 2 is 1.62 bits per heavy atom. The van der Waals surface area contributed by atoms with Crippen LogP contribution in [0.1, 0.15) is 0 Å². The van der Waals surface area contributed by atoms with Gasteiger partial charge in [-0.1, -0.05) is 0 Å². The second kappa shape index (κ2) is 4.60. The van der Waals surface area contributed by atoms with Gasteiger partial charge in [0.05, 0.1) is 23.9 Å². The maximum absolute atomic E-state index is 12.4. The minimum absolute atomic E-state index is 0.630. The molecule has 0 saturated heterocycles. The van der Waals surface area contributed by atoms with E-state index in [0.29, 0.717) is 12.4 Å². The van der Waals surface area contributed by atoms with Gasteiger partial charge < -0.3 is 0 Å². The third kappa shape index (κ3) is 3.99. The Hall–Kier alpha value is -0.800. The minimum Gasteiger partial charge on any atom is -0.224 e. The first-order valence-electron chi connectivity index (χ1n) is 3.83. The van der Waals surface area contributed by atoms with Gasteiger partial charge in [-0.15, -0.1) is 0 Å². The summed E-state index contributed by atoms with van der Waals surface area (Å²) in [5.41, 5.74) is 0. The number of halogens is 2. The summed E-state index contributed by atoms with van der Waals surface area (Å²) in [7, 11) is -3.01. The summed E-state index contributed by atoms with van der Waals surface area (Å²) in [6, 6.07) is 0. The fraction of sp³-hybridized carbons (Fsp3) is 0.333. The van der Waals surface area contributed by atoms with Crippen molar-refractivity contribution in [3.63, 3.8) is 0 Å². The van der Waals surface area contributed by atoms with Gasteiger partial charge in [0.1, 0.15) is 0 Å². The molecule has 0 aliphatic carbocycles. The van der Waals surface area contributed by atoms with Gasteiger partial charge in [-0.25, -0.2) is 31.2 Å². The Bertz CT molecular complexity index is 569. The summed E-state index contributed by atoms with van der Waals surface area (Å²) in [6.07, 6.45) is 1.35. The van der Waals surface area contributed by atoms with Crippen molar-refractivity contribution >= 4 is 29.6 Å². The SMILES string of the molecule is O=S(=O)(Cl)CCS(=O)(=O)c1ncc(F)cn1. The molecule has 0 unspecified atom stereocenters. The van der Waals surface area contributed by atoms with Gasteiger partial charge in [-0.05, 0) is 0 Å². The van der Waals surface area contributed by atoms with Gasteiger partial charge in [0, 0.05) is 10.7 Å². The molecule has 0 aromatic carbocycles. The topological polar surface area (TPSA) is 94.1 Å². The van der Waals surface area contributed by atoms with Crippen molar-refractivity contribution in [1.29, 1.82) is 0 Å². The van der Waals surface area contributed by atoms with Crippen LogP contribution in [0, 0.1) is 5.82 Å². The van der Waals surface area contributed by atoms with Crippen molar-refractivity contribution in [1.82, 2.24) is 9.97 Å². The van der Waals surface area contributed by atoms with Gasteiger partial charge >= 0.3 is 0 Å². The monoisotopic (exact) mass is 288 g/mol. The Morgan fingerprint density at radius 3 is 2.06 bits per heavy atom. The zero-order valence-corrected chi connectivity index (χ0v) is 10.1. The predicted molar refractivity (Wildman–Crippen MR) is 53.7 cm³/mol. The highest BCUT2D eigenvalue weighted by Crippen LogP contribution is 2.07. The van der Waals surface area contributed by atoms with E-state index in [9.17, 15) is 21.2 Å². The fourth-order valence-electron chi connectivity index (χ4n) is 0.762. The average molecular weight is 289 g/mol. The van der Waals surface area contributed by atoms with E-state index in [0.717, 1.165) is 0 Å². The van der Waals surface area contributed by atoms with Crippen LogP contribution < -0.4 is 0 Å². The van der Waals surface area contributed by atoms with E-state index in [-0.39, 0.29) is 0 Å². The van der Waals surface area contributed by atoms with Crippen LogP contribution in [0.25, 0.3) is 0 Å². The summed E-state index contributed by atoms with van der Waals surface area (Å²) < 4.78 is 56.4. The molecule has 0 aliphatic rings. The molecule has 0 fully saturated rings. The number of rotatable bonds is 4. The van der Waals surface area contributed by atoms with E-state index in [2.05, 4.69) is 9.97 Å². The fourth-order valence-corrected chi connectivity index (χ4v) is 3.61. The van der Waals surface area contributed by atoms with Crippen molar-refractivity contribution in [2.24, 2.45) is 0 Å². The summed E-state index contributed by atoms with van der Waals surface area (Å²) in [4.78, 5) is 6.48. The van der Waals surface area contributed by atoms with Crippen molar-refractivity contribution in [2.75, 3.05) is 11.5 Å². The molecular weight excluding hydrogens is 283 g/mol. The molecule has 90 valence electrons. The van der Waals surface area contributed by atoms with Crippen LogP contribution in [-0.2, 0) is 18.9 Å². The molecule has 0 N–H and O–H groups in total. The molecule has 10 heteroatoms. The Morgan fingerprint density at radius 1 is 1.12 bits per heavy atom. The van der Waals surface area contributed by atoms with Crippen LogP contribution in [0.5, 0.6) is 0 Å². The van der Waals surface area contributed by atoms with Gasteiger partial charge in [-0.2, -0.15) is 0 Å². The molecule has 1 heterocycles. The lowest BCUT2D eigenvalue weighted by atomic mass is 10.7. The molecule has 0 bridgehead atoms. The molecule has 0 amide bonds. The van der Waals surface area contributed by atoms with E-state index in [1.165, 1.54) is 0 Å². The number of sulfone groups is 1. The zero-order chi connectivity index (χ0) is 12.4. The van der Waals surface area contributed by atoms with Gasteiger partial charge in [0.15, 0.2) is 5.82 Å². The summed E-state index contributed by atoms with van der Waals surface area (Å²) in [5.74, 6) is -2.29. The molecule has 0 aliphatic heterocycles. The largest absolute Gasteiger partial charge is 0.247 e. The maximum Gasteiger partial charge on any atom is 0.247 e. The third-order valence-corrected chi connectivity index (χ3v) is 4.39. The molecule has 16 heavy (non-hydrogen) atoms. The van der Waals surface area contributed by atoms with Crippen molar-refractivity contribution in [3.8, 4) is 0 Å². The first-order valence-corrected chi connectivity index (χ1v) is 7.96. The number of nitrogens with zero attached hydrogens (tertiary/aromatic N) is 2. The lowest BCUT2D eigenvalue weighted by molar-refractivity contribution is 0.575. The van der Waals surface area contributed by atoms with Crippen molar-refractivity contribution in [2.45, 2.75) is 5.16 Å². The van der Waals surface area contributed by atoms with E-state index < -0.39 is 41.4 Å². The van der Waals surface area contributed by atoms with Gasteiger partial charge in [-0.3, -0.25) is 0 Å². The Balaban J connectivity index is 2.91. The second-order valence-electron chi connectivity index (χ2n) is 2.75. The second-order valence-corrected chi connectivity index (χ2v) is 7.65. The Labute approximate surface area is 95.8 Å². The van der Waals surface area contributed by atoms with Gasteiger partial charge in [0.25, 0.3) is 0 Å². The van der Waals surface area contributed by atoms with Crippen LogP contribution in [0.4, 0.5) is 4.39 Å². The minimum atomic E-state index is -3.96. The van der Waals surface area contributed by atoms with Crippen LogP contribution >= 0.6 is 10.7 Å². The molecule has 0 saturated carbocycles. The van der Waals surface area contributed by atoms with Gasteiger partial charge in [0.2, 0.25) is 24.0 Å². The quantitative estimate of drug-likeness (QED) is 0.570. The summed E-state index contributed by atoms with van der Waals surface area (Å²) in [6.45, 7) is 0. The molecule has 0 spiro atoms. The van der Waals surface area contributed by atoms with Crippen LogP contribution in [0.15, 0.2) is 17.6 Å². The number of hydrogen-bond acceptors (Lipinski definition) is 6. The highest BCUT2D eigenvalue weighted by Gasteiger charge is 2.21. The molecule has 0 atom stereocenters. The number of aromatic nitrogens is 2. The maximum atomic E-state index is 12.4. The zero-order valence-electron chi connectivity index (χ0n) is 7.67. The highest BCUT2D eigenvalue weighted by molar-refractivity contribution is 8.14. The molecule has 1 aromatic heterocycles. The van der Waals surface area contributed by atoms with Crippen LogP contribution in [0.3, 0.4) is 0 Å². The van der Waals surface area contributed by atoms with E-state index in [1.807, 2.05) is 0 Å². The predicted octanol–water partition coefficient (Wildman–Crippen LogP) is -0.0420. The lowest BCUT2D eigenvalue weighted by Gasteiger charge is -2.00. The van der Waals surface area contributed by atoms with Crippen molar-refractivity contribution < 1.29 is 21.2 Å². The molecule has 1 aromatic rings. The van der Waals surface area contributed by atoms with Crippen LogP contribution in [0.2, 0.25) is 0 Å².